The molecule has 0 unspecified atom stereocenters. The summed E-state index contributed by atoms with van der Waals surface area (Å²) in [7, 11) is 0. The first-order valence-corrected chi connectivity index (χ1v) is 8.37. The van der Waals surface area contributed by atoms with E-state index in [9.17, 15) is 9.59 Å². The van der Waals surface area contributed by atoms with Gasteiger partial charge in [-0.15, -0.1) is 0 Å². The highest BCUT2D eigenvalue weighted by Crippen LogP contribution is 2.32. The molecule has 2 amide bonds. The van der Waals surface area contributed by atoms with Crippen LogP contribution in [0.25, 0.3) is 6.08 Å². The van der Waals surface area contributed by atoms with Gasteiger partial charge in [-0.3, -0.25) is 14.3 Å². The number of hydrogen-bond acceptors (Lipinski definition) is 3. The molecule has 2 atom stereocenters. The molecule has 0 fully saturated rings. The number of aromatic nitrogens is 2. The molecule has 1 aromatic heterocycles. The second-order valence-electron chi connectivity index (χ2n) is 6.29. The van der Waals surface area contributed by atoms with Crippen molar-refractivity contribution in [2.45, 2.75) is 38.9 Å². The van der Waals surface area contributed by atoms with Crippen LogP contribution in [0.4, 0.5) is 0 Å². The minimum absolute atomic E-state index is 0.0486. The van der Waals surface area contributed by atoms with Crippen LogP contribution in [-0.4, -0.2) is 32.5 Å². The average Bonchev–Trinajstić information content (AvgIpc) is 3.07. The first kappa shape index (κ1) is 17.0. The first-order chi connectivity index (χ1) is 12.0. The van der Waals surface area contributed by atoms with Crippen LogP contribution in [0.1, 0.15) is 37.4 Å². The second-order valence-corrected chi connectivity index (χ2v) is 6.29. The zero-order valence-electron chi connectivity index (χ0n) is 14.4. The number of benzene rings is 1. The lowest BCUT2D eigenvalue weighted by Gasteiger charge is -2.32. The molecule has 0 radical (unpaired) electrons. The Morgan fingerprint density at radius 3 is 2.80 bits per heavy atom. The Labute approximate surface area is 147 Å². The van der Waals surface area contributed by atoms with Crippen molar-refractivity contribution in [2.75, 3.05) is 0 Å². The molecule has 0 bridgehead atoms. The fourth-order valence-corrected chi connectivity index (χ4v) is 3.16. The van der Waals surface area contributed by atoms with E-state index in [0.717, 1.165) is 11.1 Å². The lowest BCUT2D eigenvalue weighted by Crippen LogP contribution is -2.39. The second kappa shape index (κ2) is 7.34. The van der Waals surface area contributed by atoms with Crippen molar-refractivity contribution in [2.24, 2.45) is 0 Å². The largest absolute Gasteiger partial charge is 0.352 e. The Bertz CT molecular complexity index is 782. The molecule has 25 heavy (non-hydrogen) atoms. The summed E-state index contributed by atoms with van der Waals surface area (Å²) in [6.45, 7) is 4.07. The Kier molecular flexibility index (Phi) is 4.97. The third-order valence-corrected chi connectivity index (χ3v) is 4.28. The zero-order chi connectivity index (χ0) is 17.8. The monoisotopic (exact) mass is 338 g/mol. The standard InChI is InChI=1S/C19H22N4O2/c1-14(13-22-10-5-9-20-22)21-19(25)12-18-17-7-4-3-6-16(17)8-11-23(18)15(2)24/h3-11,14,18H,12-13H2,1-2H3,(H,21,25)/t14-,18-/m0/s1. The summed E-state index contributed by atoms with van der Waals surface area (Å²) in [6.07, 6.45) is 7.47. The third kappa shape index (κ3) is 3.96. The number of carbonyl (C=O) groups is 2. The number of nitrogens with zero attached hydrogens (tertiary/aromatic N) is 3. The van der Waals surface area contributed by atoms with Gasteiger partial charge in [-0.1, -0.05) is 24.3 Å². The molecule has 1 aliphatic heterocycles. The quantitative estimate of drug-likeness (QED) is 0.910. The van der Waals surface area contributed by atoms with Crippen LogP contribution in [-0.2, 0) is 16.1 Å². The van der Waals surface area contributed by atoms with Crippen molar-refractivity contribution in [3.05, 3.63) is 60.1 Å². The van der Waals surface area contributed by atoms with Gasteiger partial charge in [0.05, 0.1) is 19.0 Å². The number of rotatable bonds is 5. The van der Waals surface area contributed by atoms with Crippen LogP contribution < -0.4 is 5.32 Å². The predicted octanol–water partition coefficient (Wildman–Crippen LogP) is 2.35. The van der Waals surface area contributed by atoms with E-state index in [1.54, 1.807) is 22.0 Å². The molecule has 130 valence electrons. The summed E-state index contributed by atoms with van der Waals surface area (Å²) >= 11 is 0. The summed E-state index contributed by atoms with van der Waals surface area (Å²) < 4.78 is 1.78. The molecule has 3 rings (SSSR count). The van der Waals surface area contributed by atoms with E-state index in [1.165, 1.54) is 6.92 Å². The van der Waals surface area contributed by atoms with Gasteiger partial charge in [0.15, 0.2) is 0 Å². The topological polar surface area (TPSA) is 67.2 Å². The van der Waals surface area contributed by atoms with Gasteiger partial charge in [0.1, 0.15) is 0 Å². The van der Waals surface area contributed by atoms with E-state index in [-0.39, 0.29) is 30.3 Å². The highest BCUT2D eigenvalue weighted by Gasteiger charge is 2.28. The van der Waals surface area contributed by atoms with Crippen LogP contribution in [0.15, 0.2) is 48.9 Å². The van der Waals surface area contributed by atoms with Crippen LogP contribution in [0, 0.1) is 0 Å². The lowest BCUT2D eigenvalue weighted by molar-refractivity contribution is -0.130. The van der Waals surface area contributed by atoms with E-state index >= 15 is 0 Å². The normalized spacial score (nSPS) is 17.0. The molecular weight excluding hydrogens is 316 g/mol. The summed E-state index contributed by atoms with van der Waals surface area (Å²) in [6, 6.07) is 9.37. The van der Waals surface area contributed by atoms with Crippen LogP contribution in [0.5, 0.6) is 0 Å². The van der Waals surface area contributed by atoms with Crippen molar-refractivity contribution in [1.29, 1.82) is 0 Å². The summed E-state index contributed by atoms with van der Waals surface area (Å²) in [4.78, 5) is 26.1. The smallest absolute Gasteiger partial charge is 0.223 e. The Hall–Kier alpha value is -2.89. The minimum atomic E-state index is -0.282. The Morgan fingerprint density at radius 2 is 2.08 bits per heavy atom. The average molecular weight is 338 g/mol. The van der Waals surface area contributed by atoms with E-state index in [2.05, 4.69) is 10.4 Å². The van der Waals surface area contributed by atoms with Gasteiger partial charge in [-0.2, -0.15) is 5.10 Å². The minimum Gasteiger partial charge on any atom is -0.352 e. The van der Waals surface area contributed by atoms with Crippen molar-refractivity contribution >= 4 is 17.9 Å². The SMILES string of the molecule is CC(=O)N1C=Cc2ccccc2[C@@H]1CC(=O)N[C@@H](C)Cn1cccn1. The molecule has 0 saturated heterocycles. The number of hydrogen-bond donors (Lipinski definition) is 1. The van der Waals surface area contributed by atoms with E-state index < -0.39 is 0 Å². The molecule has 0 spiro atoms. The number of carbonyl (C=O) groups excluding carboxylic acids is 2. The molecule has 6 nitrogen and oxygen atoms in total. The van der Waals surface area contributed by atoms with Gasteiger partial charge >= 0.3 is 0 Å². The van der Waals surface area contributed by atoms with Crippen molar-refractivity contribution < 1.29 is 9.59 Å². The van der Waals surface area contributed by atoms with Crippen molar-refractivity contribution in [3.8, 4) is 0 Å². The summed E-state index contributed by atoms with van der Waals surface area (Å²) in [5.74, 6) is -0.158. The lowest BCUT2D eigenvalue weighted by atomic mass is 9.93. The highest BCUT2D eigenvalue weighted by atomic mass is 16.2. The predicted molar refractivity (Wildman–Crippen MR) is 95.2 cm³/mol. The van der Waals surface area contributed by atoms with Crippen molar-refractivity contribution in [1.82, 2.24) is 20.0 Å². The molecule has 1 aromatic carbocycles. The maximum atomic E-state index is 12.5. The molecular formula is C19H22N4O2. The molecule has 1 N–H and O–H groups in total. The molecule has 2 aromatic rings. The van der Waals surface area contributed by atoms with Gasteiger partial charge in [0, 0.05) is 31.6 Å². The maximum Gasteiger partial charge on any atom is 0.223 e. The summed E-state index contributed by atoms with van der Waals surface area (Å²) in [5.41, 5.74) is 2.04. The Balaban J connectivity index is 1.69. The highest BCUT2D eigenvalue weighted by molar-refractivity contribution is 5.81. The number of nitrogens with one attached hydrogen (secondary N) is 1. The zero-order valence-corrected chi connectivity index (χ0v) is 14.4. The maximum absolute atomic E-state index is 12.5. The first-order valence-electron chi connectivity index (χ1n) is 8.37. The summed E-state index contributed by atoms with van der Waals surface area (Å²) in [5, 5.41) is 7.14. The van der Waals surface area contributed by atoms with Crippen LogP contribution in [0.2, 0.25) is 0 Å². The van der Waals surface area contributed by atoms with Gasteiger partial charge in [0.25, 0.3) is 0 Å². The molecule has 2 heterocycles. The van der Waals surface area contributed by atoms with Crippen LogP contribution >= 0.6 is 0 Å². The molecule has 0 aliphatic carbocycles. The van der Waals surface area contributed by atoms with E-state index in [0.29, 0.717) is 6.54 Å². The van der Waals surface area contributed by atoms with E-state index in [4.69, 9.17) is 0 Å². The van der Waals surface area contributed by atoms with Gasteiger partial charge in [0.2, 0.25) is 11.8 Å². The fraction of sp³-hybridized carbons (Fsp3) is 0.316. The Morgan fingerprint density at radius 1 is 1.28 bits per heavy atom. The fourth-order valence-electron chi connectivity index (χ4n) is 3.16. The molecule has 1 aliphatic rings. The van der Waals surface area contributed by atoms with Gasteiger partial charge < -0.3 is 10.2 Å². The van der Waals surface area contributed by atoms with Gasteiger partial charge in [-0.25, -0.2) is 0 Å². The van der Waals surface area contributed by atoms with Crippen LogP contribution in [0.3, 0.4) is 0 Å². The number of amides is 2. The van der Waals surface area contributed by atoms with E-state index in [1.807, 2.05) is 49.5 Å². The van der Waals surface area contributed by atoms with Crippen molar-refractivity contribution in [3.63, 3.8) is 0 Å². The third-order valence-electron chi connectivity index (χ3n) is 4.28. The molecule has 0 saturated carbocycles. The number of fused-ring (bicyclic) bond motifs is 1. The van der Waals surface area contributed by atoms with Gasteiger partial charge in [-0.05, 0) is 30.2 Å². The molecule has 6 heteroatoms.